The van der Waals surface area contributed by atoms with Crippen molar-refractivity contribution in [3.05, 3.63) is 54.4 Å². The molecule has 5 N–H and O–H groups in total. The number of primary sulfonamides is 1. The van der Waals surface area contributed by atoms with E-state index in [-0.39, 0.29) is 28.6 Å². The Labute approximate surface area is 221 Å². The van der Waals surface area contributed by atoms with Gasteiger partial charge in [0, 0.05) is 55.4 Å². The lowest BCUT2D eigenvalue weighted by Gasteiger charge is -2.31. The highest BCUT2D eigenvalue weighted by Crippen LogP contribution is 2.36. The molecule has 204 valence electrons. The summed E-state index contributed by atoms with van der Waals surface area (Å²) >= 11 is 0. The molecule has 12 nitrogen and oxygen atoms in total. The standard InChI is InChI=1S/C24H30N6O6S2/c1-29-9-11-30(12-10-29)8-2-13-37(33,34)18-4-6-21(27-16-18)22-19-15-17(3-5-20(19)28-24(22)32)23(31)26-7-14-38(25,35)36/h2-6,8,15-16,28,32H,7,9-14H2,1H3,(H,26,31)(H2,25,35,36). The molecule has 1 fully saturated rings. The number of H-pyrrole nitrogens is 1. The number of pyridine rings is 1. The number of fused-ring (bicyclic) bond motifs is 1. The molecule has 1 saturated heterocycles. The van der Waals surface area contributed by atoms with Crippen LogP contribution in [0.4, 0.5) is 0 Å². The largest absolute Gasteiger partial charge is 0.494 e. The second-order valence-corrected chi connectivity index (χ2v) is 12.9. The third-order valence-corrected chi connectivity index (χ3v) is 8.60. The van der Waals surface area contributed by atoms with Crippen LogP contribution in [-0.4, -0.2) is 98.9 Å². The second kappa shape index (κ2) is 11.1. The average molecular weight is 563 g/mol. The smallest absolute Gasteiger partial charge is 0.251 e. The van der Waals surface area contributed by atoms with Crippen molar-refractivity contribution in [3.63, 3.8) is 0 Å². The van der Waals surface area contributed by atoms with Gasteiger partial charge in [0.1, 0.15) is 0 Å². The number of nitrogens with one attached hydrogen (secondary N) is 2. The molecule has 3 heterocycles. The van der Waals surface area contributed by atoms with E-state index in [2.05, 4.69) is 32.1 Å². The van der Waals surface area contributed by atoms with Crippen LogP contribution in [0, 0.1) is 0 Å². The molecule has 38 heavy (non-hydrogen) atoms. The number of aromatic nitrogens is 2. The van der Waals surface area contributed by atoms with Crippen molar-refractivity contribution in [2.24, 2.45) is 5.14 Å². The summed E-state index contributed by atoms with van der Waals surface area (Å²) in [6.45, 7) is 3.39. The second-order valence-electron chi connectivity index (χ2n) is 9.12. The number of benzene rings is 1. The summed E-state index contributed by atoms with van der Waals surface area (Å²) in [6, 6.07) is 7.58. The van der Waals surface area contributed by atoms with Crippen LogP contribution in [-0.2, 0) is 19.9 Å². The van der Waals surface area contributed by atoms with Crippen LogP contribution in [0.1, 0.15) is 10.4 Å². The van der Waals surface area contributed by atoms with Crippen molar-refractivity contribution in [2.75, 3.05) is 51.3 Å². The molecule has 0 bridgehead atoms. The number of aromatic amines is 1. The maximum atomic E-state index is 12.8. The fraction of sp³-hybridized carbons (Fsp3) is 0.333. The Kier molecular flexibility index (Phi) is 8.06. The SMILES string of the molecule is CN1CCN(C=CCS(=O)(=O)c2ccc(-c3c(O)[nH]c4ccc(C(=O)NCCS(N)(=O)=O)cc34)nc2)CC1. The van der Waals surface area contributed by atoms with Crippen molar-refractivity contribution in [1.82, 2.24) is 25.1 Å². The highest BCUT2D eigenvalue weighted by atomic mass is 32.2. The molecule has 0 spiro atoms. The van der Waals surface area contributed by atoms with Crippen LogP contribution >= 0.6 is 0 Å². The summed E-state index contributed by atoms with van der Waals surface area (Å²) in [7, 11) is -5.27. The number of nitrogens with zero attached hydrogens (tertiary/aromatic N) is 3. The number of rotatable bonds is 9. The van der Waals surface area contributed by atoms with E-state index in [4.69, 9.17) is 5.14 Å². The number of hydrogen-bond acceptors (Lipinski definition) is 9. The van der Waals surface area contributed by atoms with E-state index in [0.29, 0.717) is 22.2 Å². The Morgan fingerprint density at radius 2 is 1.89 bits per heavy atom. The molecule has 1 amide bonds. The summed E-state index contributed by atoms with van der Waals surface area (Å²) in [6.07, 6.45) is 4.70. The maximum Gasteiger partial charge on any atom is 0.251 e. The molecule has 1 aliphatic heterocycles. The van der Waals surface area contributed by atoms with Gasteiger partial charge in [-0.3, -0.25) is 9.78 Å². The third-order valence-electron chi connectivity index (χ3n) is 6.23. The molecular weight excluding hydrogens is 532 g/mol. The molecule has 3 aromatic rings. The van der Waals surface area contributed by atoms with E-state index in [1.54, 1.807) is 12.1 Å². The number of aromatic hydroxyl groups is 1. The Hall–Kier alpha value is -3.46. The van der Waals surface area contributed by atoms with E-state index in [1.807, 2.05) is 6.20 Å². The Balaban J connectivity index is 1.50. The molecular formula is C24H30N6O6S2. The predicted octanol–water partition coefficient (Wildman–Crippen LogP) is 0.489. The first kappa shape index (κ1) is 27.6. The summed E-state index contributed by atoms with van der Waals surface area (Å²) in [5.41, 5.74) is 1.38. The van der Waals surface area contributed by atoms with Gasteiger partial charge in [-0.05, 0) is 43.6 Å². The van der Waals surface area contributed by atoms with Gasteiger partial charge in [0.2, 0.25) is 10.0 Å². The summed E-state index contributed by atoms with van der Waals surface area (Å²) in [4.78, 5) is 23.9. The first-order chi connectivity index (χ1) is 17.9. The van der Waals surface area contributed by atoms with Crippen LogP contribution in [0.15, 0.2) is 53.7 Å². The molecule has 1 aliphatic rings. The Bertz CT molecular complexity index is 1560. The monoisotopic (exact) mass is 562 g/mol. The van der Waals surface area contributed by atoms with E-state index in [9.17, 15) is 26.7 Å². The van der Waals surface area contributed by atoms with Crippen molar-refractivity contribution in [3.8, 4) is 17.1 Å². The highest BCUT2D eigenvalue weighted by molar-refractivity contribution is 7.91. The molecule has 0 unspecified atom stereocenters. The topological polar surface area (TPSA) is 179 Å². The van der Waals surface area contributed by atoms with Crippen LogP contribution in [0.3, 0.4) is 0 Å². The first-order valence-corrected chi connectivity index (χ1v) is 15.2. The van der Waals surface area contributed by atoms with Gasteiger partial charge in [-0.1, -0.05) is 6.08 Å². The van der Waals surface area contributed by atoms with E-state index < -0.39 is 31.5 Å². The highest BCUT2D eigenvalue weighted by Gasteiger charge is 2.19. The number of carbonyl (C=O) groups excluding carboxylic acids is 1. The maximum absolute atomic E-state index is 12.8. The summed E-state index contributed by atoms with van der Waals surface area (Å²) < 4.78 is 47.8. The van der Waals surface area contributed by atoms with Gasteiger partial charge in [0.15, 0.2) is 15.7 Å². The number of sulfone groups is 1. The quantitative estimate of drug-likeness (QED) is 0.289. The number of hydrogen-bond donors (Lipinski definition) is 4. The fourth-order valence-corrected chi connectivity index (χ4v) is 5.49. The number of piperazine rings is 1. The fourth-order valence-electron chi connectivity index (χ4n) is 4.09. The molecule has 0 atom stereocenters. The average Bonchev–Trinajstić information content (AvgIpc) is 3.19. The Morgan fingerprint density at radius 3 is 2.55 bits per heavy atom. The number of amides is 1. The van der Waals surface area contributed by atoms with Crippen molar-refractivity contribution >= 4 is 36.7 Å². The normalized spacial score (nSPS) is 15.4. The predicted molar refractivity (Wildman–Crippen MR) is 144 cm³/mol. The summed E-state index contributed by atoms with van der Waals surface area (Å²) in [5, 5.41) is 18.5. The number of nitrogens with two attached hydrogens (primary N) is 1. The first-order valence-electron chi connectivity index (χ1n) is 11.8. The molecule has 0 radical (unpaired) electrons. The van der Waals surface area contributed by atoms with Crippen LogP contribution in [0.25, 0.3) is 22.2 Å². The number of sulfonamides is 1. The molecule has 4 rings (SSSR count). The van der Waals surface area contributed by atoms with Crippen molar-refractivity contribution < 1.29 is 26.7 Å². The zero-order valence-electron chi connectivity index (χ0n) is 20.8. The Morgan fingerprint density at radius 1 is 1.16 bits per heavy atom. The van der Waals surface area contributed by atoms with Gasteiger partial charge < -0.3 is 25.2 Å². The zero-order valence-corrected chi connectivity index (χ0v) is 22.4. The van der Waals surface area contributed by atoms with Crippen LogP contribution in [0.5, 0.6) is 5.88 Å². The summed E-state index contributed by atoms with van der Waals surface area (Å²) in [5.74, 6) is -1.27. The lowest BCUT2D eigenvalue weighted by molar-refractivity contribution is 0.0956. The molecule has 14 heteroatoms. The van der Waals surface area contributed by atoms with Gasteiger partial charge in [0.05, 0.1) is 27.7 Å². The van der Waals surface area contributed by atoms with Gasteiger partial charge in [-0.15, -0.1) is 0 Å². The minimum atomic E-state index is -3.71. The van der Waals surface area contributed by atoms with E-state index in [1.165, 1.54) is 30.5 Å². The minimum absolute atomic E-state index is 0.0542. The minimum Gasteiger partial charge on any atom is -0.494 e. The number of likely N-dealkylation sites (N-methyl/N-ethyl adjacent to an activating group) is 1. The van der Waals surface area contributed by atoms with Gasteiger partial charge in [-0.2, -0.15) is 0 Å². The lowest BCUT2D eigenvalue weighted by atomic mass is 10.1. The molecule has 0 saturated carbocycles. The van der Waals surface area contributed by atoms with Gasteiger partial charge in [0.25, 0.3) is 5.91 Å². The molecule has 1 aromatic carbocycles. The van der Waals surface area contributed by atoms with Gasteiger partial charge in [-0.25, -0.2) is 22.0 Å². The van der Waals surface area contributed by atoms with E-state index >= 15 is 0 Å². The van der Waals surface area contributed by atoms with Crippen molar-refractivity contribution in [1.29, 1.82) is 0 Å². The van der Waals surface area contributed by atoms with Crippen molar-refractivity contribution in [2.45, 2.75) is 4.90 Å². The van der Waals surface area contributed by atoms with Crippen LogP contribution < -0.4 is 10.5 Å². The van der Waals surface area contributed by atoms with Crippen LogP contribution in [0.2, 0.25) is 0 Å². The van der Waals surface area contributed by atoms with Gasteiger partial charge >= 0.3 is 0 Å². The molecule has 0 aliphatic carbocycles. The lowest BCUT2D eigenvalue weighted by Crippen LogP contribution is -2.41. The van der Waals surface area contributed by atoms with E-state index in [0.717, 1.165) is 26.2 Å². The zero-order chi connectivity index (χ0) is 27.5. The number of carbonyl (C=O) groups is 1. The molecule has 2 aromatic heterocycles. The third kappa shape index (κ3) is 6.69.